The van der Waals surface area contributed by atoms with Crippen LogP contribution in [0.5, 0.6) is 0 Å². The van der Waals surface area contributed by atoms with Gasteiger partial charge in [0.25, 0.3) is 0 Å². The van der Waals surface area contributed by atoms with Gasteiger partial charge < -0.3 is 15.2 Å². The fraction of sp³-hybridized carbons (Fsp3) is 1.00. The van der Waals surface area contributed by atoms with Crippen LogP contribution in [0.4, 0.5) is 0 Å². The molecule has 2 N–H and O–H groups in total. The van der Waals surface area contributed by atoms with Crippen LogP contribution >= 0.6 is 0 Å². The Morgan fingerprint density at radius 2 is 2.12 bits per heavy atom. The van der Waals surface area contributed by atoms with E-state index in [2.05, 4.69) is 26.1 Å². The molecule has 94 valence electrons. The zero-order valence-corrected chi connectivity index (χ0v) is 10.7. The summed E-state index contributed by atoms with van der Waals surface area (Å²) in [5.41, 5.74) is 0.207. The van der Waals surface area contributed by atoms with Crippen molar-refractivity contribution in [1.82, 2.24) is 5.32 Å². The van der Waals surface area contributed by atoms with Gasteiger partial charge in [-0.2, -0.15) is 0 Å². The summed E-state index contributed by atoms with van der Waals surface area (Å²) in [4.78, 5) is 0. The number of aliphatic hydroxyl groups is 1. The van der Waals surface area contributed by atoms with E-state index in [1.165, 1.54) is 0 Å². The van der Waals surface area contributed by atoms with Crippen molar-refractivity contribution in [2.75, 3.05) is 6.61 Å². The van der Waals surface area contributed by atoms with Gasteiger partial charge in [-0.05, 0) is 32.6 Å². The highest BCUT2D eigenvalue weighted by Crippen LogP contribution is 2.43. The molecule has 3 heteroatoms. The Morgan fingerprint density at radius 1 is 1.38 bits per heavy atom. The van der Waals surface area contributed by atoms with E-state index in [-0.39, 0.29) is 11.5 Å². The molecule has 16 heavy (non-hydrogen) atoms. The molecule has 0 aromatic rings. The van der Waals surface area contributed by atoms with E-state index in [0.717, 1.165) is 32.3 Å². The first-order valence-corrected chi connectivity index (χ1v) is 6.61. The van der Waals surface area contributed by atoms with Crippen LogP contribution in [0.25, 0.3) is 0 Å². The Labute approximate surface area is 98.6 Å². The summed E-state index contributed by atoms with van der Waals surface area (Å²) in [6.07, 6.45) is 4.56. The molecule has 2 aliphatic carbocycles. The standard InChI is InChI=1S/C13H25NO2/c1-4-16-12-8-11(13(12,2)3)14-9-6-5-7-10(9)15/h9-12,14-15H,4-8H2,1-3H3. The molecular formula is C13H25NO2. The number of aliphatic hydroxyl groups excluding tert-OH is 1. The summed E-state index contributed by atoms with van der Waals surface area (Å²) in [7, 11) is 0. The van der Waals surface area contributed by atoms with E-state index in [1.54, 1.807) is 0 Å². The van der Waals surface area contributed by atoms with E-state index in [1.807, 2.05) is 0 Å². The SMILES string of the molecule is CCOC1CC(NC2CCCC2O)C1(C)C. The van der Waals surface area contributed by atoms with Gasteiger partial charge in [0.05, 0.1) is 12.2 Å². The van der Waals surface area contributed by atoms with E-state index >= 15 is 0 Å². The second-order valence-corrected chi connectivity index (χ2v) is 5.83. The maximum Gasteiger partial charge on any atom is 0.0693 e. The molecule has 2 fully saturated rings. The second-order valence-electron chi connectivity index (χ2n) is 5.83. The number of hydrogen-bond donors (Lipinski definition) is 2. The van der Waals surface area contributed by atoms with Crippen molar-refractivity contribution >= 4 is 0 Å². The Balaban J connectivity index is 1.84. The molecule has 2 rings (SSSR count). The third-order valence-corrected chi connectivity index (χ3v) is 4.44. The van der Waals surface area contributed by atoms with Gasteiger partial charge in [-0.15, -0.1) is 0 Å². The maximum atomic E-state index is 9.80. The monoisotopic (exact) mass is 227 g/mol. The molecule has 4 unspecified atom stereocenters. The van der Waals surface area contributed by atoms with Gasteiger partial charge in [0.15, 0.2) is 0 Å². The molecule has 0 amide bonds. The summed E-state index contributed by atoms with van der Waals surface area (Å²) in [6, 6.07) is 0.814. The highest BCUT2D eigenvalue weighted by molar-refractivity contribution is 5.04. The lowest BCUT2D eigenvalue weighted by molar-refractivity contribution is -0.118. The third-order valence-electron chi connectivity index (χ3n) is 4.44. The third kappa shape index (κ3) is 2.13. The van der Waals surface area contributed by atoms with Crippen LogP contribution in [-0.2, 0) is 4.74 Å². The zero-order chi connectivity index (χ0) is 11.8. The van der Waals surface area contributed by atoms with Crippen LogP contribution in [-0.4, -0.2) is 36.0 Å². The van der Waals surface area contributed by atoms with Crippen molar-refractivity contribution in [3.8, 4) is 0 Å². The summed E-state index contributed by atoms with van der Waals surface area (Å²) in [5, 5.41) is 13.4. The van der Waals surface area contributed by atoms with Crippen LogP contribution in [0.1, 0.15) is 46.5 Å². The fourth-order valence-corrected chi connectivity index (χ4v) is 3.05. The fourth-order valence-electron chi connectivity index (χ4n) is 3.05. The van der Waals surface area contributed by atoms with Crippen molar-refractivity contribution in [1.29, 1.82) is 0 Å². The number of ether oxygens (including phenoxy) is 1. The number of nitrogens with one attached hydrogen (secondary N) is 1. The predicted octanol–water partition coefficient (Wildman–Crippen LogP) is 1.69. The minimum absolute atomic E-state index is 0.137. The van der Waals surface area contributed by atoms with Gasteiger partial charge in [0.2, 0.25) is 0 Å². The summed E-state index contributed by atoms with van der Waals surface area (Å²) < 4.78 is 5.71. The van der Waals surface area contributed by atoms with Gasteiger partial charge in [-0.25, -0.2) is 0 Å². The number of hydrogen-bond acceptors (Lipinski definition) is 3. The van der Waals surface area contributed by atoms with Crippen LogP contribution in [0.2, 0.25) is 0 Å². The average molecular weight is 227 g/mol. The van der Waals surface area contributed by atoms with Crippen LogP contribution in [0.3, 0.4) is 0 Å². The maximum absolute atomic E-state index is 9.80. The van der Waals surface area contributed by atoms with Crippen molar-refractivity contribution in [3.05, 3.63) is 0 Å². The Hall–Kier alpha value is -0.120. The Bertz CT molecular complexity index is 242. The quantitative estimate of drug-likeness (QED) is 0.768. The highest BCUT2D eigenvalue weighted by atomic mass is 16.5. The second kappa shape index (κ2) is 4.63. The molecule has 0 bridgehead atoms. The van der Waals surface area contributed by atoms with Gasteiger partial charge in [0, 0.05) is 24.1 Å². The summed E-state index contributed by atoms with van der Waals surface area (Å²) in [6.45, 7) is 7.37. The molecule has 0 aromatic heterocycles. The predicted molar refractivity (Wildman–Crippen MR) is 64.4 cm³/mol. The van der Waals surface area contributed by atoms with E-state index in [9.17, 15) is 5.11 Å². The molecule has 2 aliphatic rings. The first-order valence-electron chi connectivity index (χ1n) is 6.61. The van der Waals surface area contributed by atoms with Crippen molar-refractivity contribution < 1.29 is 9.84 Å². The molecule has 0 aromatic carbocycles. The average Bonchev–Trinajstić information content (AvgIpc) is 2.63. The van der Waals surface area contributed by atoms with Crippen molar-refractivity contribution in [3.63, 3.8) is 0 Å². The van der Waals surface area contributed by atoms with Gasteiger partial charge in [0.1, 0.15) is 0 Å². The lowest BCUT2D eigenvalue weighted by Crippen LogP contribution is -2.63. The minimum atomic E-state index is -0.137. The Kier molecular flexibility index (Phi) is 3.57. The van der Waals surface area contributed by atoms with E-state index in [0.29, 0.717) is 18.2 Å². The first-order chi connectivity index (χ1) is 7.55. The summed E-state index contributed by atoms with van der Waals surface area (Å²) in [5.74, 6) is 0. The van der Waals surface area contributed by atoms with Crippen LogP contribution in [0.15, 0.2) is 0 Å². The molecule has 3 nitrogen and oxygen atoms in total. The number of rotatable bonds is 4. The minimum Gasteiger partial charge on any atom is -0.392 e. The molecule has 0 heterocycles. The van der Waals surface area contributed by atoms with Crippen LogP contribution in [0, 0.1) is 5.41 Å². The molecule has 2 saturated carbocycles. The van der Waals surface area contributed by atoms with E-state index in [4.69, 9.17) is 4.74 Å². The van der Waals surface area contributed by atoms with Gasteiger partial charge in [-0.1, -0.05) is 13.8 Å². The first kappa shape index (κ1) is 12.3. The lowest BCUT2D eigenvalue weighted by Gasteiger charge is -2.53. The Morgan fingerprint density at radius 3 is 2.62 bits per heavy atom. The van der Waals surface area contributed by atoms with Crippen molar-refractivity contribution in [2.45, 2.75) is 70.7 Å². The normalized spacial score (nSPS) is 42.0. The molecule has 0 saturated heterocycles. The van der Waals surface area contributed by atoms with Crippen LogP contribution < -0.4 is 5.32 Å². The van der Waals surface area contributed by atoms with Crippen molar-refractivity contribution in [2.24, 2.45) is 5.41 Å². The zero-order valence-electron chi connectivity index (χ0n) is 10.7. The lowest BCUT2D eigenvalue weighted by atomic mass is 9.64. The van der Waals surface area contributed by atoms with E-state index < -0.39 is 0 Å². The molecular weight excluding hydrogens is 202 g/mol. The molecule has 0 spiro atoms. The largest absolute Gasteiger partial charge is 0.392 e. The smallest absolute Gasteiger partial charge is 0.0693 e. The molecule has 0 aliphatic heterocycles. The molecule has 4 atom stereocenters. The van der Waals surface area contributed by atoms with Gasteiger partial charge in [-0.3, -0.25) is 0 Å². The molecule has 0 radical (unpaired) electrons. The van der Waals surface area contributed by atoms with Gasteiger partial charge >= 0.3 is 0 Å². The topological polar surface area (TPSA) is 41.5 Å². The summed E-state index contributed by atoms with van der Waals surface area (Å²) >= 11 is 0. The highest BCUT2D eigenvalue weighted by Gasteiger charge is 2.49.